The van der Waals surface area contributed by atoms with Crippen LogP contribution in [0, 0.1) is 5.92 Å². The number of hydrogen-bond acceptors (Lipinski definition) is 4. The maximum absolute atomic E-state index is 12.3. The fraction of sp³-hybridized carbons (Fsp3) is 0.286. The molecule has 4 nitrogen and oxygen atoms in total. The molecule has 1 aromatic carbocycles. The Hall–Kier alpha value is -2.10. The first-order chi connectivity index (χ1) is 8.69. The number of carbonyl (C=O) groups excluding carboxylic acids is 2. The van der Waals surface area contributed by atoms with Crippen molar-refractivity contribution in [2.75, 3.05) is 7.11 Å². The van der Waals surface area contributed by atoms with Crippen LogP contribution in [0.4, 0.5) is 0 Å². The fourth-order valence-corrected chi connectivity index (χ4v) is 2.07. The van der Waals surface area contributed by atoms with E-state index >= 15 is 0 Å². The lowest BCUT2D eigenvalue weighted by molar-refractivity contribution is -0.146. The number of benzene rings is 1. The zero-order valence-electron chi connectivity index (χ0n) is 10.1. The zero-order chi connectivity index (χ0) is 13.1. The molecular weight excluding hydrogens is 232 g/mol. The number of ether oxygens (including phenoxy) is 2. The standard InChI is InChI=1S/C14H14O4/c1-3-6-11-12(14(16)17-2)13(15)9-7-4-5-8-10(9)18-11/h3-5,7-8,11-12H,1,6H2,2H3. The quantitative estimate of drug-likeness (QED) is 0.465. The molecule has 0 aliphatic carbocycles. The van der Waals surface area contributed by atoms with Crippen LogP contribution in [0.5, 0.6) is 5.75 Å². The third-order valence-corrected chi connectivity index (χ3v) is 2.94. The maximum atomic E-state index is 12.3. The zero-order valence-corrected chi connectivity index (χ0v) is 10.1. The van der Waals surface area contributed by atoms with Crippen LogP contribution in [-0.2, 0) is 9.53 Å². The Kier molecular flexibility index (Phi) is 3.46. The minimum atomic E-state index is -0.914. The van der Waals surface area contributed by atoms with Crippen LogP contribution in [-0.4, -0.2) is 25.0 Å². The van der Waals surface area contributed by atoms with Crippen molar-refractivity contribution in [1.82, 2.24) is 0 Å². The molecule has 0 spiro atoms. The third-order valence-electron chi connectivity index (χ3n) is 2.94. The molecular formula is C14H14O4. The van der Waals surface area contributed by atoms with E-state index in [1.165, 1.54) is 7.11 Å². The van der Waals surface area contributed by atoms with Crippen molar-refractivity contribution >= 4 is 11.8 Å². The average Bonchev–Trinajstić information content (AvgIpc) is 2.39. The van der Waals surface area contributed by atoms with Gasteiger partial charge in [0.05, 0.1) is 12.7 Å². The number of esters is 1. The summed E-state index contributed by atoms with van der Waals surface area (Å²) >= 11 is 0. The molecule has 0 bridgehead atoms. The highest BCUT2D eigenvalue weighted by Crippen LogP contribution is 2.32. The molecule has 0 amide bonds. The highest BCUT2D eigenvalue weighted by molar-refractivity contribution is 6.11. The predicted octanol–water partition coefficient (Wildman–Crippen LogP) is 2.00. The van der Waals surface area contributed by atoms with E-state index in [-0.39, 0.29) is 5.78 Å². The van der Waals surface area contributed by atoms with Gasteiger partial charge < -0.3 is 9.47 Å². The van der Waals surface area contributed by atoms with Gasteiger partial charge in [0.25, 0.3) is 0 Å². The lowest BCUT2D eigenvalue weighted by Gasteiger charge is -2.30. The van der Waals surface area contributed by atoms with E-state index in [9.17, 15) is 9.59 Å². The van der Waals surface area contributed by atoms with Crippen molar-refractivity contribution in [2.24, 2.45) is 5.92 Å². The van der Waals surface area contributed by atoms with Crippen molar-refractivity contribution in [3.63, 3.8) is 0 Å². The van der Waals surface area contributed by atoms with Crippen LogP contribution in [0.25, 0.3) is 0 Å². The van der Waals surface area contributed by atoms with Gasteiger partial charge in [0.2, 0.25) is 0 Å². The third kappa shape index (κ3) is 2.01. The van der Waals surface area contributed by atoms with Gasteiger partial charge in [-0.15, -0.1) is 6.58 Å². The molecule has 2 rings (SSSR count). The van der Waals surface area contributed by atoms with E-state index in [4.69, 9.17) is 4.74 Å². The molecule has 18 heavy (non-hydrogen) atoms. The topological polar surface area (TPSA) is 52.6 Å². The highest BCUT2D eigenvalue weighted by atomic mass is 16.5. The summed E-state index contributed by atoms with van der Waals surface area (Å²) in [4.78, 5) is 24.0. The van der Waals surface area contributed by atoms with E-state index in [2.05, 4.69) is 11.3 Å². The molecule has 2 atom stereocenters. The molecule has 94 valence electrons. The number of ketones is 1. The number of hydrogen-bond donors (Lipinski definition) is 0. The number of Topliss-reactive ketones (excluding diaryl/α,β-unsaturated/α-hetero) is 1. The van der Waals surface area contributed by atoms with Gasteiger partial charge in [0, 0.05) is 6.42 Å². The number of methoxy groups -OCH3 is 1. The van der Waals surface area contributed by atoms with Crippen molar-refractivity contribution < 1.29 is 19.1 Å². The molecule has 1 aliphatic heterocycles. The van der Waals surface area contributed by atoms with Crippen molar-refractivity contribution in [3.05, 3.63) is 42.5 Å². The van der Waals surface area contributed by atoms with E-state index < -0.39 is 18.0 Å². The second-order valence-electron chi connectivity index (χ2n) is 4.04. The van der Waals surface area contributed by atoms with Crippen LogP contribution in [0.15, 0.2) is 36.9 Å². The van der Waals surface area contributed by atoms with Crippen LogP contribution in [0.1, 0.15) is 16.8 Å². The largest absolute Gasteiger partial charge is 0.488 e. The van der Waals surface area contributed by atoms with Crippen LogP contribution in [0.2, 0.25) is 0 Å². The van der Waals surface area contributed by atoms with E-state index in [1.54, 1.807) is 30.3 Å². The summed E-state index contributed by atoms with van der Waals surface area (Å²) in [7, 11) is 1.26. The van der Waals surface area contributed by atoms with Crippen LogP contribution >= 0.6 is 0 Å². The van der Waals surface area contributed by atoms with Crippen LogP contribution < -0.4 is 4.74 Å². The Morgan fingerprint density at radius 2 is 2.22 bits per heavy atom. The highest BCUT2D eigenvalue weighted by Gasteiger charge is 2.42. The van der Waals surface area contributed by atoms with E-state index in [1.807, 2.05) is 0 Å². The second-order valence-corrected chi connectivity index (χ2v) is 4.04. The number of carbonyl (C=O) groups is 2. The van der Waals surface area contributed by atoms with Gasteiger partial charge in [-0.1, -0.05) is 18.2 Å². The van der Waals surface area contributed by atoms with Gasteiger partial charge in [0.1, 0.15) is 11.9 Å². The summed E-state index contributed by atoms with van der Waals surface area (Å²) in [5, 5.41) is 0. The smallest absolute Gasteiger partial charge is 0.320 e. The first-order valence-corrected chi connectivity index (χ1v) is 5.67. The van der Waals surface area contributed by atoms with Gasteiger partial charge in [-0.05, 0) is 12.1 Å². The Morgan fingerprint density at radius 3 is 2.89 bits per heavy atom. The van der Waals surface area contributed by atoms with Gasteiger partial charge >= 0.3 is 5.97 Å². The molecule has 1 aliphatic rings. The first-order valence-electron chi connectivity index (χ1n) is 5.67. The molecule has 0 radical (unpaired) electrons. The molecule has 0 saturated heterocycles. The number of rotatable bonds is 3. The SMILES string of the molecule is C=CCC1Oc2ccccc2C(=O)C1C(=O)OC. The van der Waals surface area contributed by atoms with E-state index in [0.29, 0.717) is 17.7 Å². The molecule has 1 aromatic rings. The molecule has 2 unspecified atom stereocenters. The summed E-state index contributed by atoms with van der Waals surface area (Å²) in [5.41, 5.74) is 0.424. The van der Waals surface area contributed by atoms with Gasteiger partial charge in [0.15, 0.2) is 11.7 Å². The van der Waals surface area contributed by atoms with Gasteiger partial charge in [-0.25, -0.2) is 0 Å². The summed E-state index contributed by atoms with van der Waals surface area (Å²) in [6.07, 6.45) is 1.50. The molecule has 0 aromatic heterocycles. The average molecular weight is 246 g/mol. The predicted molar refractivity (Wildman–Crippen MR) is 65.5 cm³/mol. The van der Waals surface area contributed by atoms with Crippen molar-refractivity contribution in [3.8, 4) is 5.75 Å². The molecule has 0 saturated carbocycles. The van der Waals surface area contributed by atoms with Crippen molar-refractivity contribution in [2.45, 2.75) is 12.5 Å². The Labute approximate surface area is 105 Å². The number of para-hydroxylation sites is 1. The lowest BCUT2D eigenvalue weighted by Crippen LogP contribution is -2.42. The molecule has 0 fully saturated rings. The Morgan fingerprint density at radius 1 is 1.50 bits per heavy atom. The number of fused-ring (bicyclic) bond motifs is 1. The summed E-state index contributed by atoms with van der Waals surface area (Å²) in [6.45, 7) is 3.61. The first kappa shape index (κ1) is 12.4. The van der Waals surface area contributed by atoms with E-state index in [0.717, 1.165) is 0 Å². The fourth-order valence-electron chi connectivity index (χ4n) is 2.07. The van der Waals surface area contributed by atoms with Gasteiger partial charge in [-0.3, -0.25) is 9.59 Å². The van der Waals surface area contributed by atoms with Crippen molar-refractivity contribution in [1.29, 1.82) is 0 Å². The normalized spacial score (nSPS) is 21.7. The maximum Gasteiger partial charge on any atom is 0.320 e. The minimum absolute atomic E-state index is 0.254. The van der Waals surface area contributed by atoms with Crippen LogP contribution in [0.3, 0.4) is 0 Å². The molecule has 0 N–H and O–H groups in total. The summed E-state index contributed by atoms with van der Waals surface area (Å²) in [5.74, 6) is -1.23. The monoisotopic (exact) mass is 246 g/mol. The second kappa shape index (κ2) is 5.04. The summed E-state index contributed by atoms with van der Waals surface area (Å²) < 4.78 is 10.4. The summed E-state index contributed by atoms with van der Waals surface area (Å²) in [6, 6.07) is 6.90. The minimum Gasteiger partial charge on any atom is -0.488 e. The lowest BCUT2D eigenvalue weighted by atomic mass is 9.87. The Balaban J connectivity index is 2.42. The Bertz CT molecular complexity index is 492. The van der Waals surface area contributed by atoms with Gasteiger partial charge in [-0.2, -0.15) is 0 Å². The molecule has 1 heterocycles. The molecule has 4 heteroatoms.